The van der Waals surface area contributed by atoms with E-state index < -0.39 is 29.9 Å². The zero-order valence-corrected chi connectivity index (χ0v) is 11.8. The van der Waals surface area contributed by atoms with Gasteiger partial charge in [0.1, 0.15) is 6.04 Å². The van der Waals surface area contributed by atoms with Crippen LogP contribution in [0.1, 0.15) is 25.7 Å². The molecule has 0 aromatic heterocycles. The number of hydrogen-bond donors (Lipinski definition) is 1. The van der Waals surface area contributed by atoms with Crippen LogP contribution >= 0.6 is 0 Å². The summed E-state index contributed by atoms with van der Waals surface area (Å²) in [6.07, 6.45) is -0.178. The molecule has 0 spiro atoms. The fraction of sp³-hybridized carbons (Fsp3) is 0.667. The van der Waals surface area contributed by atoms with Crippen molar-refractivity contribution in [3.8, 4) is 0 Å². The Morgan fingerprint density at radius 2 is 1.40 bits per heavy atom. The molecule has 0 aromatic carbocycles. The van der Waals surface area contributed by atoms with Crippen LogP contribution < -0.4 is 5.32 Å². The molecule has 0 aliphatic carbocycles. The highest BCUT2D eigenvalue weighted by atomic mass is 16.5. The fourth-order valence-electron chi connectivity index (χ4n) is 1.34. The van der Waals surface area contributed by atoms with E-state index in [9.17, 15) is 19.2 Å². The molecule has 0 bridgehead atoms. The third-order valence-corrected chi connectivity index (χ3v) is 2.47. The van der Waals surface area contributed by atoms with E-state index in [2.05, 4.69) is 19.5 Å². The van der Waals surface area contributed by atoms with Crippen molar-refractivity contribution in [1.29, 1.82) is 0 Å². The summed E-state index contributed by atoms with van der Waals surface area (Å²) in [7, 11) is 3.62. The van der Waals surface area contributed by atoms with Crippen molar-refractivity contribution in [2.24, 2.45) is 0 Å². The number of rotatable bonds is 8. The van der Waals surface area contributed by atoms with Crippen LogP contribution in [0.2, 0.25) is 0 Å². The summed E-state index contributed by atoms with van der Waals surface area (Å²) in [6, 6.07) is -0.954. The predicted octanol–water partition coefficient (Wildman–Crippen LogP) is -0.449. The van der Waals surface area contributed by atoms with Gasteiger partial charge in [-0.15, -0.1) is 0 Å². The standard InChI is InChI=1S/C12H19NO7/c1-18-10(15)6-4-8(12(17)20-3)13-9(14)5-7-11(16)19-2/h8H,4-7H2,1-3H3,(H,13,14)/t8-/m0/s1. The monoisotopic (exact) mass is 289 g/mol. The Bertz CT molecular complexity index is 367. The summed E-state index contributed by atoms with van der Waals surface area (Å²) >= 11 is 0. The summed E-state index contributed by atoms with van der Waals surface area (Å²) in [5, 5.41) is 2.40. The van der Waals surface area contributed by atoms with Gasteiger partial charge in [0.05, 0.1) is 27.8 Å². The number of hydrogen-bond acceptors (Lipinski definition) is 7. The quantitative estimate of drug-likeness (QED) is 0.476. The van der Waals surface area contributed by atoms with Crippen LogP contribution in [0.25, 0.3) is 0 Å². The van der Waals surface area contributed by atoms with E-state index in [1.165, 1.54) is 21.3 Å². The van der Waals surface area contributed by atoms with E-state index in [0.29, 0.717) is 0 Å². The van der Waals surface area contributed by atoms with E-state index in [-0.39, 0.29) is 25.7 Å². The van der Waals surface area contributed by atoms with Crippen LogP contribution in [0.5, 0.6) is 0 Å². The summed E-state index contributed by atoms with van der Waals surface area (Å²) in [4.78, 5) is 44.9. The highest BCUT2D eigenvalue weighted by Gasteiger charge is 2.22. The van der Waals surface area contributed by atoms with Crippen LogP contribution in [0.4, 0.5) is 0 Å². The van der Waals surface area contributed by atoms with Gasteiger partial charge in [-0.1, -0.05) is 0 Å². The second kappa shape index (κ2) is 9.76. The number of methoxy groups -OCH3 is 3. The second-order valence-corrected chi connectivity index (χ2v) is 3.83. The molecule has 114 valence electrons. The molecule has 0 fully saturated rings. The summed E-state index contributed by atoms with van der Waals surface area (Å²) in [5.41, 5.74) is 0. The van der Waals surface area contributed by atoms with Crippen LogP contribution in [-0.4, -0.2) is 51.2 Å². The summed E-state index contributed by atoms with van der Waals surface area (Å²) in [6.45, 7) is 0. The topological polar surface area (TPSA) is 108 Å². The maximum atomic E-state index is 11.6. The smallest absolute Gasteiger partial charge is 0.328 e. The largest absolute Gasteiger partial charge is 0.469 e. The molecule has 0 aliphatic rings. The first-order valence-corrected chi connectivity index (χ1v) is 5.95. The average molecular weight is 289 g/mol. The van der Waals surface area contributed by atoms with Gasteiger partial charge in [-0.25, -0.2) is 4.79 Å². The molecule has 0 aromatic rings. The number of amides is 1. The van der Waals surface area contributed by atoms with E-state index in [1.54, 1.807) is 0 Å². The maximum absolute atomic E-state index is 11.6. The normalized spacial score (nSPS) is 11.2. The fourth-order valence-corrected chi connectivity index (χ4v) is 1.34. The lowest BCUT2D eigenvalue weighted by Crippen LogP contribution is -2.42. The predicted molar refractivity (Wildman–Crippen MR) is 66.4 cm³/mol. The molecule has 0 heterocycles. The molecule has 0 aliphatic heterocycles. The zero-order chi connectivity index (χ0) is 15.5. The van der Waals surface area contributed by atoms with Gasteiger partial charge >= 0.3 is 17.9 Å². The van der Waals surface area contributed by atoms with E-state index in [1.807, 2.05) is 0 Å². The number of nitrogens with one attached hydrogen (secondary N) is 1. The average Bonchev–Trinajstić information content (AvgIpc) is 2.47. The molecule has 1 N–H and O–H groups in total. The third kappa shape index (κ3) is 7.34. The van der Waals surface area contributed by atoms with Gasteiger partial charge in [-0.2, -0.15) is 0 Å². The molecule has 20 heavy (non-hydrogen) atoms. The first kappa shape index (κ1) is 17.9. The van der Waals surface area contributed by atoms with Crippen molar-refractivity contribution >= 4 is 23.8 Å². The SMILES string of the molecule is COC(=O)CCC(=O)N[C@@H](CCC(=O)OC)C(=O)OC. The van der Waals surface area contributed by atoms with E-state index in [0.717, 1.165) is 0 Å². The Morgan fingerprint density at radius 3 is 1.90 bits per heavy atom. The third-order valence-electron chi connectivity index (χ3n) is 2.47. The Hall–Kier alpha value is -2.12. The van der Waals surface area contributed by atoms with Crippen LogP contribution in [0.3, 0.4) is 0 Å². The highest BCUT2D eigenvalue weighted by molar-refractivity contribution is 5.86. The Balaban J connectivity index is 4.34. The Labute approximate surface area is 116 Å². The first-order valence-electron chi connectivity index (χ1n) is 5.95. The molecule has 8 nitrogen and oxygen atoms in total. The molecule has 1 atom stereocenters. The molecule has 1 amide bonds. The van der Waals surface area contributed by atoms with Crippen molar-refractivity contribution in [3.05, 3.63) is 0 Å². The van der Waals surface area contributed by atoms with Gasteiger partial charge < -0.3 is 19.5 Å². The number of esters is 3. The number of carbonyl (C=O) groups is 4. The molecule has 0 rings (SSSR count). The first-order chi connectivity index (χ1) is 9.44. The minimum atomic E-state index is -0.954. The Morgan fingerprint density at radius 1 is 0.850 bits per heavy atom. The van der Waals surface area contributed by atoms with Gasteiger partial charge in [0.15, 0.2) is 0 Å². The lowest BCUT2D eigenvalue weighted by molar-refractivity contribution is -0.146. The summed E-state index contributed by atoms with van der Waals surface area (Å²) < 4.78 is 13.4. The van der Waals surface area contributed by atoms with Crippen LogP contribution in [0, 0.1) is 0 Å². The van der Waals surface area contributed by atoms with Gasteiger partial charge in [0, 0.05) is 12.8 Å². The van der Waals surface area contributed by atoms with Crippen LogP contribution in [-0.2, 0) is 33.4 Å². The van der Waals surface area contributed by atoms with Gasteiger partial charge in [0.2, 0.25) is 5.91 Å². The molecule has 0 saturated heterocycles. The van der Waals surface area contributed by atoms with Crippen molar-refractivity contribution in [3.63, 3.8) is 0 Å². The molecular weight excluding hydrogens is 270 g/mol. The van der Waals surface area contributed by atoms with Crippen LogP contribution in [0.15, 0.2) is 0 Å². The molecule has 8 heteroatoms. The number of ether oxygens (including phenoxy) is 3. The number of carbonyl (C=O) groups excluding carboxylic acids is 4. The van der Waals surface area contributed by atoms with Crippen molar-refractivity contribution in [2.75, 3.05) is 21.3 Å². The molecule has 0 radical (unpaired) electrons. The second-order valence-electron chi connectivity index (χ2n) is 3.83. The van der Waals surface area contributed by atoms with Gasteiger partial charge in [-0.3, -0.25) is 14.4 Å². The van der Waals surface area contributed by atoms with E-state index >= 15 is 0 Å². The van der Waals surface area contributed by atoms with Crippen molar-refractivity contribution in [1.82, 2.24) is 5.32 Å². The zero-order valence-electron chi connectivity index (χ0n) is 11.8. The highest BCUT2D eigenvalue weighted by Crippen LogP contribution is 2.03. The van der Waals surface area contributed by atoms with Crippen molar-refractivity contribution in [2.45, 2.75) is 31.7 Å². The molecule has 0 saturated carbocycles. The lowest BCUT2D eigenvalue weighted by atomic mass is 10.1. The van der Waals surface area contributed by atoms with Gasteiger partial charge in [0.25, 0.3) is 0 Å². The van der Waals surface area contributed by atoms with Crippen molar-refractivity contribution < 1.29 is 33.4 Å². The lowest BCUT2D eigenvalue weighted by Gasteiger charge is -2.15. The Kier molecular flexibility index (Phi) is 8.73. The minimum absolute atomic E-state index is 0.0342. The maximum Gasteiger partial charge on any atom is 0.328 e. The molecular formula is C12H19NO7. The van der Waals surface area contributed by atoms with Gasteiger partial charge in [-0.05, 0) is 6.42 Å². The summed E-state index contributed by atoms with van der Waals surface area (Å²) in [5.74, 6) is -2.19. The minimum Gasteiger partial charge on any atom is -0.469 e. The van der Waals surface area contributed by atoms with E-state index in [4.69, 9.17) is 0 Å². The molecule has 0 unspecified atom stereocenters.